The topological polar surface area (TPSA) is 43.1 Å². The van der Waals surface area contributed by atoms with Gasteiger partial charge in [-0.25, -0.2) is 0 Å². The minimum absolute atomic E-state index is 0.0116. The number of benzene rings is 2. The van der Waals surface area contributed by atoms with Crippen LogP contribution < -0.4 is 5.73 Å². The van der Waals surface area contributed by atoms with E-state index in [0.717, 1.165) is 6.07 Å². The highest BCUT2D eigenvalue weighted by molar-refractivity contribution is 9.10. The fourth-order valence-corrected chi connectivity index (χ4v) is 2.22. The standard InChI is InChI=1S/C14H9BrF3NO/c15-12-6-5-10(7-11(12)14(16,17)18)8-1-3-9(4-2-8)13(19)20/h1-7H,(H2,19,20). The fraction of sp³-hybridized carbons (Fsp3) is 0.0714. The number of nitrogens with two attached hydrogens (primary N) is 1. The smallest absolute Gasteiger partial charge is 0.366 e. The first-order chi connectivity index (χ1) is 9.29. The zero-order valence-electron chi connectivity index (χ0n) is 10.0. The molecule has 0 atom stereocenters. The molecule has 2 nitrogen and oxygen atoms in total. The first-order valence-corrected chi connectivity index (χ1v) is 6.35. The number of carbonyl (C=O) groups excluding carboxylic acids is 1. The van der Waals surface area contributed by atoms with Crippen molar-refractivity contribution in [3.8, 4) is 11.1 Å². The Morgan fingerprint density at radius 1 is 1.00 bits per heavy atom. The van der Waals surface area contributed by atoms with Crippen LogP contribution in [0.4, 0.5) is 13.2 Å². The van der Waals surface area contributed by atoms with Crippen molar-refractivity contribution in [1.82, 2.24) is 0 Å². The predicted molar refractivity (Wildman–Crippen MR) is 73.1 cm³/mol. The molecular weight excluding hydrogens is 335 g/mol. The monoisotopic (exact) mass is 343 g/mol. The lowest BCUT2D eigenvalue weighted by atomic mass is 10.0. The summed E-state index contributed by atoms with van der Waals surface area (Å²) in [7, 11) is 0. The molecule has 0 spiro atoms. The lowest BCUT2D eigenvalue weighted by molar-refractivity contribution is -0.138. The summed E-state index contributed by atoms with van der Waals surface area (Å²) in [4.78, 5) is 10.9. The lowest BCUT2D eigenvalue weighted by Crippen LogP contribution is -2.10. The number of hydrogen-bond donors (Lipinski definition) is 1. The third-order valence-corrected chi connectivity index (χ3v) is 3.47. The fourth-order valence-electron chi connectivity index (χ4n) is 1.75. The molecule has 0 saturated carbocycles. The van der Waals surface area contributed by atoms with Crippen molar-refractivity contribution in [2.45, 2.75) is 6.18 Å². The van der Waals surface area contributed by atoms with Gasteiger partial charge in [0.05, 0.1) is 5.56 Å². The first kappa shape index (κ1) is 14.6. The van der Waals surface area contributed by atoms with Gasteiger partial charge in [0.1, 0.15) is 0 Å². The van der Waals surface area contributed by atoms with Crippen molar-refractivity contribution in [2.75, 3.05) is 0 Å². The second-order valence-corrected chi connectivity index (χ2v) is 4.99. The molecule has 0 heterocycles. The molecule has 0 aliphatic carbocycles. The minimum Gasteiger partial charge on any atom is -0.366 e. The highest BCUT2D eigenvalue weighted by Crippen LogP contribution is 2.37. The Morgan fingerprint density at radius 3 is 2.05 bits per heavy atom. The van der Waals surface area contributed by atoms with Crippen LogP contribution in [0.15, 0.2) is 46.9 Å². The molecule has 2 aromatic carbocycles. The average Bonchev–Trinajstić information content (AvgIpc) is 2.38. The van der Waals surface area contributed by atoms with Crippen molar-refractivity contribution < 1.29 is 18.0 Å². The van der Waals surface area contributed by atoms with E-state index in [1.807, 2.05) is 0 Å². The van der Waals surface area contributed by atoms with E-state index in [0.29, 0.717) is 16.7 Å². The summed E-state index contributed by atoms with van der Waals surface area (Å²) in [5.41, 5.74) is 5.67. The van der Waals surface area contributed by atoms with Crippen LogP contribution in [0.2, 0.25) is 0 Å². The summed E-state index contributed by atoms with van der Waals surface area (Å²) in [6.45, 7) is 0. The second-order valence-electron chi connectivity index (χ2n) is 4.13. The van der Waals surface area contributed by atoms with E-state index in [1.54, 1.807) is 18.2 Å². The summed E-state index contributed by atoms with van der Waals surface area (Å²) < 4.78 is 38.5. The number of halogens is 4. The zero-order valence-corrected chi connectivity index (χ0v) is 11.6. The number of hydrogen-bond acceptors (Lipinski definition) is 1. The van der Waals surface area contributed by atoms with Gasteiger partial charge in [-0.2, -0.15) is 13.2 Å². The highest BCUT2D eigenvalue weighted by Gasteiger charge is 2.33. The van der Waals surface area contributed by atoms with E-state index in [9.17, 15) is 18.0 Å². The summed E-state index contributed by atoms with van der Waals surface area (Å²) in [5, 5.41) is 0. The Morgan fingerprint density at radius 2 is 1.55 bits per heavy atom. The molecule has 20 heavy (non-hydrogen) atoms. The van der Waals surface area contributed by atoms with Crippen LogP contribution in [0.25, 0.3) is 11.1 Å². The summed E-state index contributed by atoms with van der Waals surface area (Å²) in [6, 6.07) is 10.1. The number of alkyl halides is 3. The SMILES string of the molecule is NC(=O)c1ccc(-c2ccc(Br)c(C(F)(F)F)c2)cc1. The second kappa shape index (κ2) is 5.28. The van der Waals surface area contributed by atoms with E-state index in [-0.39, 0.29) is 4.47 Å². The molecule has 0 unspecified atom stereocenters. The van der Waals surface area contributed by atoms with Crippen LogP contribution >= 0.6 is 15.9 Å². The van der Waals surface area contributed by atoms with Gasteiger partial charge >= 0.3 is 6.18 Å². The van der Waals surface area contributed by atoms with Gasteiger partial charge in [0.25, 0.3) is 0 Å². The molecule has 104 valence electrons. The van der Waals surface area contributed by atoms with Gasteiger partial charge in [-0.05, 0) is 35.4 Å². The van der Waals surface area contributed by atoms with Crippen molar-refractivity contribution >= 4 is 21.8 Å². The van der Waals surface area contributed by atoms with Crippen LogP contribution in [-0.2, 0) is 6.18 Å². The molecule has 2 N–H and O–H groups in total. The first-order valence-electron chi connectivity index (χ1n) is 5.56. The van der Waals surface area contributed by atoms with Gasteiger partial charge in [-0.1, -0.05) is 34.1 Å². The molecule has 0 saturated heterocycles. The maximum atomic E-state index is 12.8. The van der Waals surface area contributed by atoms with Gasteiger partial charge in [-0.3, -0.25) is 4.79 Å². The van der Waals surface area contributed by atoms with E-state index in [2.05, 4.69) is 15.9 Å². The number of amides is 1. The van der Waals surface area contributed by atoms with E-state index in [1.165, 1.54) is 18.2 Å². The molecule has 0 aliphatic heterocycles. The molecule has 0 bridgehead atoms. The quantitative estimate of drug-likeness (QED) is 0.870. The van der Waals surface area contributed by atoms with Crippen LogP contribution in [0.5, 0.6) is 0 Å². The molecule has 0 aromatic heterocycles. The zero-order chi connectivity index (χ0) is 14.9. The molecule has 0 fully saturated rings. The van der Waals surface area contributed by atoms with Crippen LogP contribution in [0.1, 0.15) is 15.9 Å². The minimum atomic E-state index is -4.43. The van der Waals surface area contributed by atoms with Gasteiger partial charge in [-0.15, -0.1) is 0 Å². The maximum absolute atomic E-state index is 12.8. The van der Waals surface area contributed by atoms with E-state index in [4.69, 9.17) is 5.73 Å². The van der Waals surface area contributed by atoms with Crippen LogP contribution in [0, 0.1) is 0 Å². The Labute approximate surface area is 121 Å². The van der Waals surface area contributed by atoms with Gasteiger partial charge in [0.2, 0.25) is 5.91 Å². The normalized spacial score (nSPS) is 11.4. The van der Waals surface area contributed by atoms with Crippen LogP contribution in [-0.4, -0.2) is 5.91 Å². The number of rotatable bonds is 2. The molecule has 6 heteroatoms. The van der Waals surface area contributed by atoms with E-state index < -0.39 is 17.6 Å². The molecule has 0 radical (unpaired) electrons. The molecular formula is C14H9BrF3NO. The van der Waals surface area contributed by atoms with Crippen LogP contribution in [0.3, 0.4) is 0 Å². The van der Waals surface area contributed by atoms with Crippen molar-refractivity contribution in [3.63, 3.8) is 0 Å². The van der Waals surface area contributed by atoms with E-state index >= 15 is 0 Å². The largest absolute Gasteiger partial charge is 0.417 e. The van der Waals surface area contributed by atoms with Crippen molar-refractivity contribution in [2.24, 2.45) is 5.73 Å². The Hall–Kier alpha value is -1.82. The lowest BCUT2D eigenvalue weighted by Gasteiger charge is -2.11. The van der Waals surface area contributed by atoms with Gasteiger partial charge in [0.15, 0.2) is 0 Å². The Kier molecular flexibility index (Phi) is 3.85. The summed E-state index contributed by atoms with van der Waals surface area (Å²) in [6.07, 6.45) is -4.43. The average molecular weight is 344 g/mol. The third kappa shape index (κ3) is 3.01. The Bertz CT molecular complexity index is 650. The Balaban J connectivity index is 2.45. The van der Waals surface area contributed by atoms with Crippen molar-refractivity contribution in [3.05, 3.63) is 58.1 Å². The number of carbonyl (C=O) groups is 1. The van der Waals surface area contributed by atoms with Gasteiger partial charge in [0, 0.05) is 10.0 Å². The molecule has 2 rings (SSSR count). The molecule has 1 amide bonds. The molecule has 0 aliphatic rings. The molecule has 2 aromatic rings. The van der Waals surface area contributed by atoms with Crippen molar-refractivity contribution in [1.29, 1.82) is 0 Å². The third-order valence-electron chi connectivity index (χ3n) is 2.77. The van der Waals surface area contributed by atoms with Gasteiger partial charge < -0.3 is 5.73 Å². The summed E-state index contributed by atoms with van der Waals surface area (Å²) in [5.74, 6) is -0.580. The number of primary amides is 1. The summed E-state index contributed by atoms with van der Waals surface area (Å²) >= 11 is 2.89. The maximum Gasteiger partial charge on any atom is 0.417 e. The predicted octanol–water partition coefficient (Wildman–Crippen LogP) is 4.23. The highest BCUT2D eigenvalue weighted by atomic mass is 79.9.